The smallest absolute Gasteiger partial charge is 0.123 e. The number of nitrogens with one attached hydrogen (secondary N) is 1. The van der Waals surface area contributed by atoms with E-state index < -0.39 is 10.8 Å². The second kappa shape index (κ2) is 6.76. The monoisotopic (exact) mass is 243 g/mol. The molecule has 16 heavy (non-hydrogen) atoms. The van der Waals surface area contributed by atoms with Crippen LogP contribution in [0.25, 0.3) is 0 Å². The average molecular weight is 243 g/mol. The zero-order valence-electron chi connectivity index (χ0n) is 9.70. The van der Waals surface area contributed by atoms with Gasteiger partial charge in [-0.1, -0.05) is 12.1 Å². The fraction of sp³-hybridized carbons (Fsp3) is 0.500. The molecule has 0 aliphatic heterocycles. The van der Waals surface area contributed by atoms with E-state index in [9.17, 15) is 8.60 Å². The summed E-state index contributed by atoms with van der Waals surface area (Å²) in [5.74, 6) is 0.504. The zero-order valence-corrected chi connectivity index (χ0v) is 10.5. The molecular weight excluding hydrogens is 225 g/mol. The minimum absolute atomic E-state index is 0.126. The molecule has 2 atom stereocenters. The molecule has 0 fully saturated rings. The second-order valence-corrected chi connectivity index (χ2v) is 5.42. The number of benzene rings is 1. The van der Waals surface area contributed by atoms with Crippen LogP contribution in [-0.2, 0) is 10.8 Å². The Balaban J connectivity index is 2.35. The summed E-state index contributed by atoms with van der Waals surface area (Å²) in [6.45, 7) is 2.80. The third-order valence-electron chi connectivity index (χ3n) is 2.41. The molecule has 0 saturated carbocycles. The number of rotatable bonds is 6. The summed E-state index contributed by atoms with van der Waals surface area (Å²) in [6, 6.07) is 6.72. The fourth-order valence-corrected chi connectivity index (χ4v) is 2.04. The van der Waals surface area contributed by atoms with Crippen molar-refractivity contribution in [2.24, 2.45) is 0 Å². The summed E-state index contributed by atoms with van der Waals surface area (Å²) in [7, 11) is -0.728. The molecule has 0 amide bonds. The molecular formula is C12H18FNOS. The summed E-state index contributed by atoms with van der Waals surface area (Å²) in [5.41, 5.74) is 0.942. The molecule has 0 radical (unpaired) electrons. The second-order valence-electron chi connectivity index (χ2n) is 3.86. The van der Waals surface area contributed by atoms with E-state index in [4.69, 9.17) is 0 Å². The van der Waals surface area contributed by atoms with E-state index in [0.29, 0.717) is 5.75 Å². The normalized spacial score (nSPS) is 14.7. The quantitative estimate of drug-likeness (QED) is 0.776. The van der Waals surface area contributed by atoms with E-state index in [1.54, 1.807) is 12.3 Å². The van der Waals surface area contributed by atoms with Gasteiger partial charge in [0.25, 0.3) is 0 Å². The molecule has 0 bridgehead atoms. The maximum absolute atomic E-state index is 13.0. The van der Waals surface area contributed by atoms with Gasteiger partial charge < -0.3 is 5.32 Å². The van der Waals surface area contributed by atoms with Gasteiger partial charge in [-0.2, -0.15) is 0 Å². The van der Waals surface area contributed by atoms with Crippen LogP contribution in [0.2, 0.25) is 0 Å². The van der Waals surface area contributed by atoms with E-state index in [2.05, 4.69) is 5.32 Å². The summed E-state index contributed by atoms with van der Waals surface area (Å²) >= 11 is 0. The summed E-state index contributed by atoms with van der Waals surface area (Å²) in [4.78, 5) is 0. The standard InChI is InChI=1S/C12H18FNOS/c1-10(14-7-4-8-16(2)15)11-5-3-6-12(13)9-11/h3,5-6,9-10,14H,4,7-8H2,1-2H3. The molecule has 1 N–H and O–H groups in total. The average Bonchev–Trinajstić information content (AvgIpc) is 2.24. The SMILES string of the molecule is CC(NCCCS(C)=O)c1cccc(F)c1. The zero-order chi connectivity index (χ0) is 12.0. The Hall–Kier alpha value is -0.740. The first-order valence-corrected chi connectivity index (χ1v) is 7.11. The lowest BCUT2D eigenvalue weighted by Crippen LogP contribution is -2.21. The molecule has 0 heterocycles. The van der Waals surface area contributed by atoms with Crippen molar-refractivity contribution in [2.75, 3.05) is 18.6 Å². The van der Waals surface area contributed by atoms with Gasteiger partial charge in [0.2, 0.25) is 0 Å². The van der Waals surface area contributed by atoms with Gasteiger partial charge in [-0.05, 0) is 37.6 Å². The van der Waals surface area contributed by atoms with Gasteiger partial charge in [-0.3, -0.25) is 4.21 Å². The van der Waals surface area contributed by atoms with E-state index >= 15 is 0 Å². The van der Waals surface area contributed by atoms with Gasteiger partial charge >= 0.3 is 0 Å². The summed E-state index contributed by atoms with van der Waals surface area (Å²) < 4.78 is 23.8. The first-order chi connectivity index (χ1) is 7.59. The predicted molar refractivity (Wildman–Crippen MR) is 66.4 cm³/mol. The summed E-state index contributed by atoms with van der Waals surface area (Å²) in [6.07, 6.45) is 2.58. The maximum atomic E-state index is 13.0. The topological polar surface area (TPSA) is 29.1 Å². The third kappa shape index (κ3) is 4.86. The predicted octanol–water partition coefficient (Wildman–Crippen LogP) is 2.24. The van der Waals surface area contributed by atoms with Gasteiger partial charge in [-0.25, -0.2) is 4.39 Å². The number of hydrogen-bond acceptors (Lipinski definition) is 2. The van der Waals surface area contributed by atoms with Crippen LogP contribution in [-0.4, -0.2) is 22.8 Å². The van der Waals surface area contributed by atoms with Crippen LogP contribution in [0, 0.1) is 5.82 Å². The van der Waals surface area contributed by atoms with Crippen molar-refractivity contribution in [1.82, 2.24) is 5.32 Å². The van der Waals surface area contributed by atoms with Crippen molar-refractivity contribution in [1.29, 1.82) is 0 Å². The van der Waals surface area contributed by atoms with Crippen molar-refractivity contribution < 1.29 is 8.60 Å². The molecule has 1 aromatic rings. The molecule has 4 heteroatoms. The van der Waals surface area contributed by atoms with Crippen molar-refractivity contribution in [3.05, 3.63) is 35.6 Å². The van der Waals surface area contributed by atoms with E-state index in [1.807, 2.05) is 13.0 Å². The van der Waals surface area contributed by atoms with Gasteiger partial charge in [0, 0.05) is 28.9 Å². The Morgan fingerprint density at radius 2 is 2.25 bits per heavy atom. The highest BCUT2D eigenvalue weighted by Crippen LogP contribution is 2.12. The lowest BCUT2D eigenvalue weighted by atomic mass is 10.1. The largest absolute Gasteiger partial charge is 0.310 e. The van der Waals surface area contributed by atoms with Crippen LogP contribution >= 0.6 is 0 Å². The van der Waals surface area contributed by atoms with Gasteiger partial charge in [0.15, 0.2) is 0 Å². The molecule has 0 saturated heterocycles. The first kappa shape index (κ1) is 13.3. The van der Waals surface area contributed by atoms with Gasteiger partial charge in [-0.15, -0.1) is 0 Å². The van der Waals surface area contributed by atoms with Gasteiger partial charge in [0.05, 0.1) is 0 Å². The molecule has 2 unspecified atom stereocenters. The van der Waals surface area contributed by atoms with E-state index in [1.165, 1.54) is 12.1 Å². The van der Waals surface area contributed by atoms with Crippen LogP contribution in [0.4, 0.5) is 4.39 Å². The molecule has 2 nitrogen and oxygen atoms in total. The number of hydrogen-bond donors (Lipinski definition) is 1. The highest BCUT2D eigenvalue weighted by molar-refractivity contribution is 7.84. The maximum Gasteiger partial charge on any atom is 0.123 e. The molecule has 0 aliphatic carbocycles. The minimum Gasteiger partial charge on any atom is -0.310 e. The van der Waals surface area contributed by atoms with Crippen molar-refractivity contribution in [3.63, 3.8) is 0 Å². The highest BCUT2D eigenvalue weighted by Gasteiger charge is 2.04. The lowest BCUT2D eigenvalue weighted by Gasteiger charge is -2.13. The molecule has 90 valence electrons. The van der Waals surface area contributed by atoms with E-state index in [0.717, 1.165) is 18.5 Å². The van der Waals surface area contributed by atoms with Crippen LogP contribution in [0.3, 0.4) is 0 Å². The van der Waals surface area contributed by atoms with Crippen molar-refractivity contribution in [2.45, 2.75) is 19.4 Å². The molecule has 1 rings (SSSR count). The van der Waals surface area contributed by atoms with E-state index in [-0.39, 0.29) is 11.9 Å². The van der Waals surface area contributed by atoms with Crippen molar-refractivity contribution >= 4 is 10.8 Å². The summed E-state index contributed by atoms with van der Waals surface area (Å²) in [5, 5.41) is 3.28. The fourth-order valence-electron chi connectivity index (χ4n) is 1.49. The van der Waals surface area contributed by atoms with Gasteiger partial charge in [0.1, 0.15) is 5.82 Å². The van der Waals surface area contributed by atoms with Crippen LogP contribution < -0.4 is 5.32 Å². The molecule has 0 spiro atoms. The third-order valence-corrected chi connectivity index (χ3v) is 3.27. The number of halogens is 1. The molecule has 0 aromatic heterocycles. The Morgan fingerprint density at radius 1 is 1.50 bits per heavy atom. The highest BCUT2D eigenvalue weighted by atomic mass is 32.2. The van der Waals surface area contributed by atoms with Crippen molar-refractivity contribution in [3.8, 4) is 0 Å². The Bertz CT molecular complexity index is 357. The van der Waals surface area contributed by atoms with Crippen LogP contribution in [0.1, 0.15) is 24.9 Å². The minimum atomic E-state index is -0.728. The Morgan fingerprint density at radius 3 is 2.88 bits per heavy atom. The Kier molecular flexibility index (Phi) is 5.63. The lowest BCUT2D eigenvalue weighted by molar-refractivity contribution is 0.562. The van der Waals surface area contributed by atoms with Crippen LogP contribution in [0.15, 0.2) is 24.3 Å². The molecule has 1 aromatic carbocycles. The molecule has 0 aliphatic rings. The first-order valence-electron chi connectivity index (χ1n) is 5.38. The van der Waals surface area contributed by atoms with Crippen LogP contribution in [0.5, 0.6) is 0 Å². The Labute approximate surface area is 98.7 Å².